The van der Waals surface area contributed by atoms with Crippen molar-refractivity contribution in [2.45, 2.75) is 12.0 Å². The maximum atomic E-state index is 13.2. The molecule has 84 valence electrons. The van der Waals surface area contributed by atoms with Crippen LogP contribution >= 0.6 is 0 Å². The van der Waals surface area contributed by atoms with Gasteiger partial charge in [0.15, 0.2) is 0 Å². The summed E-state index contributed by atoms with van der Waals surface area (Å²) in [5.41, 5.74) is -0.129. The molecule has 2 nitrogen and oxygen atoms in total. The van der Waals surface area contributed by atoms with Gasteiger partial charge >= 0.3 is 0 Å². The number of hydrogen-bond acceptors (Lipinski definition) is 2. The molecule has 0 aliphatic rings. The number of nitrogens with one attached hydrogen (secondary N) is 1. The Balaban J connectivity index is 2.88. The number of rotatable bonds is 4. The Morgan fingerprint density at radius 1 is 1.47 bits per heavy atom. The maximum absolute atomic E-state index is 13.2. The van der Waals surface area contributed by atoms with Crippen LogP contribution in [0.5, 0.6) is 0 Å². The van der Waals surface area contributed by atoms with E-state index in [9.17, 15) is 18.3 Å². The number of alkyl halides is 2. The van der Waals surface area contributed by atoms with E-state index in [1.807, 2.05) is 0 Å². The molecule has 0 saturated heterocycles. The highest BCUT2D eigenvalue weighted by atomic mass is 19.3. The zero-order valence-electron chi connectivity index (χ0n) is 8.17. The Hall–Kier alpha value is -1.07. The maximum Gasteiger partial charge on any atom is 0.289 e. The summed E-state index contributed by atoms with van der Waals surface area (Å²) in [5, 5.41) is 11.6. The van der Waals surface area contributed by atoms with E-state index in [1.165, 1.54) is 19.2 Å². The van der Waals surface area contributed by atoms with Gasteiger partial charge in [-0.1, -0.05) is 12.1 Å². The summed E-state index contributed by atoms with van der Waals surface area (Å²) in [7, 11) is 1.35. The first-order chi connectivity index (χ1) is 6.97. The summed E-state index contributed by atoms with van der Waals surface area (Å²) >= 11 is 0. The molecule has 0 aromatic heterocycles. The van der Waals surface area contributed by atoms with Gasteiger partial charge in [-0.2, -0.15) is 0 Å². The molecule has 0 bridgehead atoms. The molecule has 0 aliphatic carbocycles. The Bertz CT molecular complexity index is 330. The lowest BCUT2D eigenvalue weighted by molar-refractivity contribution is -0.107. The van der Waals surface area contributed by atoms with Gasteiger partial charge in [0, 0.05) is 0 Å². The van der Waals surface area contributed by atoms with Gasteiger partial charge < -0.3 is 10.4 Å². The first-order valence-electron chi connectivity index (χ1n) is 4.43. The lowest BCUT2D eigenvalue weighted by atomic mass is 10.0. The number of halogens is 3. The van der Waals surface area contributed by atoms with Gasteiger partial charge in [0.05, 0.1) is 6.54 Å². The number of aliphatic hydroxyl groups is 1. The van der Waals surface area contributed by atoms with E-state index >= 15 is 0 Å². The van der Waals surface area contributed by atoms with Gasteiger partial charge in [-0.05, 0) is 24.7 Å². The van der Waals surface area contributed by atoms with E-state index in [2.05, 4.69) is 5.32 Å². The van der Waals surface area contributed by atoms with Crippen molar-refractivity contribution in [2.75, 3.05) is 13.6 Å². The van der Waals surface area contributed by atoms with Gasteiger partial charge in [-0.3, -0.25) is 0 Å². The molecule has 2 N–H and O–H groups in total. The fourth-order valence-corrected chi connectivity index (χ4v) is 1.25. The lowest BCUT2D eigenvalue weighted by Gasteiger charge is -2.22. The van der Waals surface area contributed by atoms with Crippen LogP contribution in [0.2, 0.25) is 0 Å². The zero-order chi connectivity index (χ0) is 11.5. The van der Waals surface area contributed by atoms with Crippen LogP contribution in [0.15, 0.2) is 24.3 Å². The van der Waals surface area contributed by atoms with Gasteiger partial charge in [-0.15, -0.1) is 0 Å². The average molecular weight is 219 g/mol. The minimum atomic E-state index is -3.32. The highest BCUT2D eigenvalue weighted by Gasteiger charge is 2.38. The van der Waals surface area contributed by atoms with Crippen molar-refractivity contribution in [3.05, 3.63) is 35.6 Å². The molecular formula is C10H12F3NO. The highest BCUT2D eigenvalue weighted by Crippen LogP contribution is 2.30. The second kappa shape index (κ2) is 4.63. The molecule has 15 heavy (non-hydrogen) atoms. The number of aliphatic hydroxyl groups excluding tert-OH is 1. The lowest BCUT2D eigenvalue weighted by Crippen LogP contribution is -2.36. The monoisotopic (exact) mass is 219 g/mol. The molecule has 0 amide bonds. The molecule has 1 rings (SSSR count). The summed E-state index contributed by atoms with van der Waals surface area (Å²) < 4.78 is 39.1. The second-order valence-electron chi connectivity index (χ2n) is 3.25. The van der Waals surface area contributed by atoms with Crippen LogP contribution in [-0.2, 0) is 0 Å². The van der Waals surface area contributed by atoms with Gasteiger partial charge in [0.25, 0.3) is 5.92 Å². The van der Waals surface area contributed by atoms with Crippen LogP contribution < -0.4 is 5.32 Å². The summed E-state index contributed by atoms with van der Waals surface area (Å²) in [6.07, 6.45) is -2.00. The van der Waals surface area contributed by atoms with E-state index in [0.29, 0.717) is 0 Å². The number of benzene rings is 1. The van der Waals surface area contributed by atoms with E-state index in [0.717, 1.165) is 12.1 Å². The molecule has 0 heterocycles. The molecule has 5 heteroatoms. The van der Waals surface area contributed by atoms with Crippen molar-refractivity contribution in [3.63, 3.8) is 0 Å². The number of hydrogen-bond donors (Lipinski definition) is 2. The van der Waals surface area contributed by atoms with Crippen LogP contribution in [-0.4, -0.2) is 24.6 Å². The van der Waals surface area contributed by atoms with Crippen LogP contribution in [0.1, 0.15) is 11.7 Å². The summed E-state index contributed by atoms with van der Waals surface area (Å²) in [5.74, 6) is -3.96. The van der Waals surface area contributed by atoms with Gasteiger partial charge in [0.1, 0.15) is 11.9 Å². The minimum Gasteiger partial charge on any atom is -0.382 e. The smallest absolute Gasteiger partial charge is 0.289 e. The fraction of sp³-hybridized carbons (Fsp3) is 0.400. The standard InChI is InChI=1S/C10H12F3NO/c1-14-6-10(12,13)9(15)7-3-2-4-8(11)5-7/h2-5,9,14-15H,6H2,1H3. The first kappa shape index (κ1) is 12.0. The Morgan fingerprint density at radius 2 is 2.13 bits per heavy atom. The second-order valence-corrected chi connectivity index (χ2v) is 3.25. The van der Waals surface area contributed by atoms with E-state index in [-0.39, 0.29) is 5.56 Å². The third-order valence-corrected chi connectivity index (χ3v) is 1.98. The van der Waals surface area contributed by atoms with Crippen LogP contribution in [0.4, 0.5) is 13.2 Å². The SMILES string of the molecule is CNCC(F)(F)C(O)c1cccc(F)c1. The summed E-state index contributed by atoms with van der Waals surface area (Å²) in [4.78, 5) is 0. The van der Waals surface area contributed by atoms with E-state index in [4.69, 9.17) is 0 Å². The third-order valence-electron chi connectivity index (χ3n) is 1.98. The average Bonchev–Trinajstić information content (AvgIpc) is 2.16. The Labute approximate surface area is 85.7 Å². The molecular weight excluding hydrogens is 207 g/mol. The van der Waals surface area contributed by atoms with Crippen LogP contribution in [0, 0.1) is 5.82 Å². The largest absolute Gasteiger partial charge is 0.382 e. The van der Waals surface area contributed by atoms with Crippen molar-refractivity contribution in [2.24, 2.45) is 0 Å². The quantitative estimate of drug-likeness (QED) is 0.808. The minimum absolute atomic E-state index is 0.129. The third kappa shape index (κ3) is 2.94. The topological polar surface area (TPSA) is 32.3 Å². The Morgan fingerprint density at radius 3 is 2.67 bits per heavy atom. The Kier molecular flexibility index (Phi) is 3.71. The molecule has 1 unspecified atom stereocenters. The molecule has 0 fully saturated rings. The molecule has 1 atom stereocenters. The zero-order valence-corrected chi connectivity index (χ0v) is 8.17. The van der Waals surface area contributed by atoms with Crippen molar-refractivity contribution in [1.29, 1.82) is 0 Å². The summed E-state index contributed by atoms with van der Waals surface area (Å²) in [6, 6.07) is 4.57. The highest BCUT2D eigenvalue weighted by molar-refractivity contribution is 5.20. The fourth-order valence-electron chi connectivity index (χ4n) is 1.25. The van der Waals surface area contributed by atoms with Crippen LogP contribution in [0.3, 0.4) is 0 Å². The molecule has 0 saturated carbocycles. The molecule has 0 aliphatic heterocycles. The van der Waals surface area contributed by atoms with E-state index in [1.54, 1.807) is 0 Å². The predicted octanol–water partition coefficient (Wildman–Crippen LogP) is 1.71. The van der Waals surface area contributed by atoms with E-state index < -0.39 is 24.4 Å². The summed E-state index contributed by atoms with van der Waals surface area (Å²) in [6.45, 7) is -0.662. The predicted molar refractivity (Wildman–Crippen MR) is 50.2 cm³/mol. The molecule has 0 radical (unpaired) electrons. The van der Waals surface area contributed by atoms with Crippen molar-refractivity contribution < 1.29 is 18.3 Å². The molecule has 1 aromatic carbocycles. The van der Waals surface area contributed by atoms with Gasteiger partial charge in [-0.25, -0.2) is 13.2 Å². The molecule has 1 aromatic rings. The van der Waals surface area contributed by atoms with Crippen molar-refractivity contribution in [1.82, 2.24) is 5.32 Å². The van der Waals surface area contributed by atoms with Crippen LogP contribution in [0.25, 0.3) is 0 Å². The molecule has 0 spiro atoms. The van der Waals surface area contributed by atoms with Crippen molar-refractivity contribution >= 4 is 0 Å². The van der Waals surface area contributed by atoms with Gasteiger partial charge in [0.2, 0.25) is 0 Å². The first-order valence-corrected chi connectivity index (χ1v) is 4.43. The van der Waals surface area contributed by atoms with Crippen molar-refractivity contribution in [3.8, 4) is 0 Å². The normalized spacial score (nSPS) is 13.9.